The zero-order valence-corrected chi connectivity index (χ0v) is 16.4. The lowest BCUT2D eigenvalue weighted by atomic mass is 10.1. The largest absolute Gasteiger partial charge is 0.493 e. The Labute approximate surface area is 155 Å². The van der Waals surface area contributed by atoms with Gasteiger partial charge >= 0.3 is 5.97 Å². The molecule has 0 unspecified atom stereocenters. The highest BCUT2D eigenvalue weighted by Crippen LogP contribution is 2.29. The molecule has 0 aliphatic rings. The summed E-state index contributed by atoms with van der Waals surface area (Å²) in [6, 6.07) is 5.38. The highest BCUT2D eigenvalue weighted by atomic mass is 16.5. The first kappa shape index (κ1) is 21.5. The van der Waals surface area contributed by atoms with Crippen LogP contribution >= 0.6 is 0 Å². The van der Waals surface area contributed by atoms with Crippen molar-refractivity contribution in [3.63, 3.8) is 0 Å². The lowest BCUT2D eigenvalue weighted by molar-refractivity contribution is -0.144. The van der Waals surface area contributed by atoms with Crippen molar-refractivity contribution in [2.24, 2.45) is 5.92 Å². The van der Waals surface area contributed by atoms with Crippen LogP contribution in [0, 0.1) is 5.92 Å². The minimum atomic E-state index is -0.584. The van der Waals surface area contributed by atoms with Gasteiger partial charge in [0, 0.05) is 12.1 Å². The third-order valence-corrected chi connectivity index (χ3v) is 3.70. The number of rotatable bonds is 9. The Morgan fingerprint density at radius 2 is 1.81 bits per heavy atom. The van der Waals surface area contributed by atoms with Gasteiger partial charge in [0.2, 0.25) is 0 Å². The van der Waals surface area contributed by atoms with E-state index < -0.39 is 5.97 Å². The lowest BCUT2D eigenvalue weighted by Gasteiger charge is -2.17. The highest BCUT2D eigenvalue weighted by molar-refractivity contribution is 5.89. The maximum absolute atomic E-state index is 11.8. The summed E-state index contributed by atoms with van der Waals surface area (Å²) >= 11 is 0. The van der Waals surface area contributed by atoms with Gasteiger partial charge in [0.1, 0.15) is 0 Å². The van der Waals surface area contributed by atoms with Gasteiger partial charge in [0.15, 0.2) is 18.1 Å². The number of ether oxygens (including phenoxy) is 3. The molecule has 26 heavy (non-hydrogen) atoms. The number of carbonyl (C=O) groups is 2. The Bertz CT molecular complexity index is 637. The van der Waals surface area contributed by atoms with Crippen LogP contribution in [0.4, 0.5) is 0 Å². The molecule has 0 heterocycles. The molecular weight excluding hydrogens is 334 g/mol. The van der Waals surface area contributed by atoms with Crippen LogP contribution in [0.25, 0.3) is 6.08 Å². The van der Waals surface area contributed by atoms with E-state index >= 15 is 0 Å². The van der Waals surface area contributed by atoms with Crippen molar-refractivity contribution >= 4 is 18.0 Å². The van der Waals surface area contributed by atoms with E-state index in [0.29, 0.717) is 17.4 Å². The predicted octanol–water partition coefficient (Wildman–Crippen LogP) is 3.20. The molecule has 1 rings (SSSR count). The van der Waals surface area contributed by atoms with Crippen molar-refractivity contribution in [3.8, 4) is 11.5 Å². The SMILES string of the molecule is COc1cc(/C=C/C(=O)OCC(=O)N[C@H](C)C(C)C)ccc1OC(C)C. The van der Waals surface area contributed by atoms with E-state index in [-0.39, 0.29) is 24.7 Å². The fraction of sp³-hybridized carbons (Fsp3) is 0.500. The van der Waals surface area contributed by atoms with E-state index in [1.165, 1.54) is 6.08 Å². The first-order valence-electron chi connectivity index (χ1n) is 8.71. The molecule has 6 nitrogen and oxygen atoms in total. The Morgan fingerprint density at radius 1 is 1.12 bits per heavy atom. The number of nitrogens with one attached hydrogen (secondary N) is 1. The summed E-state index contributed by atoms with van der Waals surface area (Å²) in [6.45, 7) is 9.48. The van der Waals surface area contributed by atoms with Crippen molar-refractivity contribution in [1.82, 2.24) is 5.32 Å². The third kappa shape index (κ3) is 7.59. The molecule has 1 amide bonds. The third-order valence-electron chi connectivity index (χ3n) is 3.70. The molecule has 1 aromatic rings. The molecule has 0 spiro atoms. The minimum Gasteiger partial charge on any atom is -0.493 e. The summed E-state index contributed by atoms with van der Waals surface area (Å²) in [5.74, 6) is 0.630. The van der Waals surface area contributed by atoms with Crippen LogP contribution in [-0.2, 0) is 14.3 Å². The monoisotopic (exact) mass is 363 g/mol. The van der Waals surface area contributed by atoms with Crippen molar-refractivity contribution in [2.75, 3.05) is 13.7 Å². The Hall–Kier alpha value is -2.50. The van der Waals surface area contributed by atoms with Gasteiger partial charge in [0.25, 0.3) is 5.91 Å². The summed E-state index contributed by atoms with van der Waals surface area (Å²) in [5, 5.41) is 2.77. The van der Waals surface area contributed by atoms with E-state index in [9.17, 15) is 9.59 Å². The normalized spacial score (nSPS) is 12.3. The quantitative estimate of drug-likeness (QED) is 0.539. The average molecular weight is 363 g/mol. The Kier molecular flexibility index (Phi) is 8.68. The van der Waals surface area contributed by atoms with Crippen LogP contribution in [0.5, 0.6) is 11.5 Å². The van der Waals surface area contributed by atoms with Gasteiger partial charge in [-0.2, -0.15) is 0 Å². The predicted molar refractivity (Wildman–Crippen MR) is 101 cm³/mol. The Morgan fingerprint density at radius 3 is 2.38 bits per heavy atom. The van der Waals surface area contributed by atoms with Crippen LogP contribution in [-0.4, -0.2) is 37.7 Å². The highest BCUT2D eigenvalue weighted by Gasteiger charge is 2.12. The number of hydrogen-bond acceptors (Lipinski definition) is 5. The molecule has 0 saturated carbocycles. The molecule has 6 heteroatoms. The molecule has 1 aromatic carbocycles. The maximum Gasteiger partial charge on any atom is 0.331 e. The number of amides is 1. The second-order valence-corrected chi connectivity index (χ2v) is 6.62. The van der Waals surface area contributed by atoms with E-state index in [0.717, 1.165) is 5.56 Å². The first-order chi connectivity index (χ1) is 12.2. The molecule has 144 valence electrons. The number of carbonyl (C=O) groups excluding carboxylic acids is 2. The van der Waals surface area contributed by atoms with Gasteiger partial charge in [-0.1, -0.05) is 19.9 Å². The molecule has 0 aliphatic heterocycles. The fourth-order valence-electron chi connectivity index (χ4n) is 1.95. The fourth-order valence-corrected chi connectivity index (χ4v) is 1.95. The van der Waals surface area contributed by atoms with Crippen molar-refractivity contribution in [2.45, 2.75) is 46.8 Å². The van der Waals surface area contributed by atoms with Crippen molar-refractivity contribution in [3.05, 3.63) is 29.8 Å². The van der Waals surface area contributed by atoms with Gasteiger partial charge in [-0.3, -0.25) is 4.79 Å². The van der Waals surface area contributed by atoms with Gasteiger partial charge in [-0.05, 0) is 50.5 Å². The van der Waals surface area contributed by atoms with Gasteiger partial charge in [0.05, 0.1) is 13.2 Å². The topological polar surface area (TPSA) is 73.9 Å². The summed E-state index contributed by atoms with van der Waals surface area (Å²) in [6.07, 6.45) is 2.90. The van der Waals surface area contributed by atoms with E-state index in [1.54, 1.807) is 31.4 Å². The molecule has 0 radical (unpaired) electrons. The Balaban J connectivity index is 2.58. The summed E-state index contributed by atoms with van der Waals surface area (Å²) < 4.78 is 15.9. The molecule has 0 aliphatic carbocycles. The molecule has 0 fully saturated rings. The molecule has 1 atom stereocenters. The zero-order chi connectivity index (χ0) is 19.7. The molecular formula is C20H29NO5. The summed E-state index contributed by atoms with van der Waals surface area (Å²) in [7, 11) is 1.56. The maximum atomic E-state index is 11.8. The molecule has 1 N–H and O–H groups in total. The smallest absolute Gasteiger partial charge is 0.331 e. The molecule has 0 bridgehead atoms. The molecule has 0 aromatic heterocycles. The number of esters is 1. The molecule has 0 saturated heterocycles. The van der Waals surface area contributed by atoms with E-state index in [2.05, 4.69) is 5.32 Å². The number of hydrogen-bond donors (Lipinski definition) is 1. The van der Waals surface area contributed by atoms with Crippen LogP contribution in [0.2, 0.25) is 0 Å². The second kappa shape index (κ2) is 10.5. The zero-order valence-electron chi connectivity index (χ0n) is 16.4. The number of methoxy groups -OCH3 is 1. The van der Waals surface area contributed by atoms with E-state index in [1.807, 2.05) is 34.6 Å². The van der Waals surface area contributed by atoms with Gasteiger partial charge in [-0.25, -0.2) is 4.79 Å². The standard InChI is InChI=1S/C20H29NO5/c1-13(2)15(5)21-19(22)12-25-20(23)10-8-16-7-9-17(26-14(3)4)18(11-16)24-6/h7-11,13-15H,12H2,1-6H3,(H,21,22)/b10-8+/t15-/m1/s1. The van der Waals surface area contributed by atoms with Crippen LogP contribution in [0.1, 0.15) is 40.2 Å². The van der Waals surface area contributed by atoms with E-state index in [4.69, 9.17) is 14.2 Å². The van der Waals surface area contributed by atoms with Crippen LogP contribution < -0.4 is 14.8 Å². The van der Waals surface area contributed by atoms with Gasteiger partial charge in [-0.15, -0.1) is 0 Å². The average Bonchev–Trinajstić information content (AvgIpc) is 2.58. The summed E-state index contributed by atoms with van der Waals surface area (Å²) in [5.41, 5.74) is 0.757. The van der Waals surface area contributed by atoms with Crippen molar-refractivity contribution < 1.29 is 23.8 Å². The number of benzene rings is 1. The van der Waals surface area contributed by atoms with Crippen LogP contribution in [0.15, 0.2) is 24.3 Å². The minimum absolute atomic E-state index is 0.0239. The first-order valence-corrected chi connectivity index (χ1v) is 8.71. The summed E-state index contributed by atoms with van der Waals surface area (Å²) in [4.78, 5) is 23.5. The van der Waals surface area contributed by atoms with Gasteiger partial charge < -0.3 is 19.5 Å². The lowest BCUT2D eigenvalue weighted by Crippen LogP contribution is -2.38. The second-order valence-electron chi connectivity index (χ2n) is 6.62. The van der Waals surface area contributed by atoms with Crippen LogP contribution in [0.3, 0.4) is 0 Å². The van der Waals surface area contributed by atoms with Crippen molar-refractivity contribution in [1.29, 1.82) is 0 Å².